The molecule has 9 heteroatoms. The third kappa shape index (κ3) is 4.25. The first-order valence-electron chi connectivity index (χ1n) is 9.41. The molecule has 7 nitrogen and oxygen atoms in total. The number of fused-ring (bicyclic) bond motifs is 1. The van der Waals surface area contributed by atoms with Gasteiger partial charge in [-0.2, -0.15) is 5.26 Å². The van der Waals surface area contributed by atoms with E-state index in [0.29, 0.717) is 22.2 Å². The SMILES string of the molecule is COC(=O)C1=C(C)NC(N)=C(C(=O)OCC(C)(C)F)C1c1csc2c(C#N)cccc12. The smallest absolute Gasteiger partial charge is 0.338 e. The molecular weight excluding hydrogens is 421 g/mol. The highest BCUT2D eigenvalue weighted by Gasteiger charge is 2.40. The maximum absolute atomic E-state index is 13.9. The van der Waals surface area contributed by atoms with E-state index < -0.39 is 30.1 Å². The Morgan fingerprint density at radius 3 is 2.65 bits per heavy atom. The molecule has 0 aliphatic carbocycles. The molecule has 0 radical (unpaired) electrons. The average Bonchev–Trinajstić information content (AvgIpc) is 3.14. The number of rotatable bonds is 5. The molecule has 162 valence electrons. The lowest BCUT2D eigenvalue weighted by Gasteiger charge is -2.30. The number of carbonyl (C=O) groups excluding carboxylic acids is 2. The summed E-state index contributed by atoms with van der Waals surface area (Å²) in [4.78, 5) is 25.7. The van der Waals surface area contributed by atoms with Gasteiger partial charge in [-0.15, -0.1) is 11.3 Å². The summed E-state index contributed by atoms with van der Waals surface area (Å²) in [5.74, 6) is -2.39. The largest absolute Gasteiger partial charge is 0.466 e. The summed E-state index contributed by atoms with van der Waals surface area (Å²) in [5, 5.41) is 14.7. The van der Waals surface area contributed by atoms with Crippen molar-refractivity contribution in [1.82, 2.24) is 5.32 Å². The summed E-state index contributed by atoms with van der Waals surface area (Å²) in [6, 6.07) is 7.36. The van der Waals surface area contributed by atoms with Gasteiger partial charge in [0.1, 0.15) is 24.2 Å². The van der Waals surface area contributed by atoms with Crippen molar-refractivity contribution in [3.63, 3.8) is 0 Å². The molecule has 0 saturated heterocycles. The van der Waals surface area contributed by atoms with Gasteiger partial charge in [-0.3, -0.25) is 0 Å². The number of hydrogen-bond donors (Lipinski definition) is 2. The van der Waals surface area contributed by atoms with Crippen LogP contribution in [-0.2, 0) is 19.1 Å². The number of nitriles is 1. The van der Waals surface area contributed by atoms with Gasteiger partial charge in [0.15, 0.2) is 0 Å². The summed E-state index contributed by atoms with van der Waals surface area (Å²) in [7, 11) is 1.24. The van der Waals surface area contributed by atoms with E-state index in [2.05, 4.69) is 11.4 Å². The minimum absolute atomic E-state index is 0.00704. The van der Waals surface area contributed by atoms with Crippen molar-refractivity contribution < 1.29 is 23.5 Å². The van der Waals surface area contributed by atoms with Crippen molar-refractivity contribution in [3.8, 4) is 6.07 Å². The van der Waals surface area contributed by atoms with Gasteiger partial charge in [0.25, 0.3) is 0 Å². The topological polar surface area (TPSA) is 114 Å². The lowest BCUT2D eigenvalue weighted by Crippen LogP contribution is -2.36. The predicted octanol–water partition coefficient (Wildman–Crippen LogP) is 3.37. The average molecular weight is 444 g/mol. The van der Waals surface area contributed by atoms with E-state index in [9.17, 15) is 19.2 Å². The molecule has 0 saturated carbocycles. The number of nitrogens with one attached hydrogen (secondary N) is 1. The number of thiophene rings is 1. The van der Waals surface area contributed by atoms with Crippen LogP contribution in [0.4, 0.5) is 4.39 Å². The fourth-order valence-electron chi connectivity index (χ4n) is 3.48. The predicted molar refractivity (Wildman–Crippen MR) is 114 cm³/mol. The normalized spacial score (nSPS) is 16.7. The second-order valence-corrected chi connectivity index (χ2v) is 8.58. The van der Waals surface area contributed by atoms with Crippen molar-refractivity contribution in [2.45, 2.75) is 32.4 Å². The molecule has 1 aromatic heterocycles. The first kappa shape index (κ1) is 22.3. The summed E-state index contributed by atoms with van der Waals surface area (Å²) in [6.07, 6.45) is 0. The van der Waals surface area contributed by atoms with Crippen LogP contribution in [0.1, 0.15) is 37.8 Å². The molecule has 0 spiro atoms. The van der Waals surface area contributed by atoms with Gasteiger partial charge in [-0.25, -0.2) is 14.0 Å². The van der Waals surface area contributed by atoms with Crippen LogP contribution in [0.3, 0.4) is 0 Å². The lowest BCUT2D eigenvalue weighted by atomic mass is 9.81. The monoisotopic (exact) mass is 443 g/mol. The molecule has 1 aliphatic heterocycles. The Balaban J connectivity index is 2.21. The summed E-state index contributed by atoms with van der Waals surface area (Å²) in [6.45, 7) is 3.74. The molecule has 3 rings (SSSR count). The summed E-state index contributed by atoms with van der Waals surface area (Å²) < 4.78 is 24.8. The Bertz CT molecular complexity index is 1170. The van der Waals surface area contributed by atoms with E-state index in [1.165, 1.54) is 32.3 Å². The van der Waals surface area contributed by atoms with Crippen LogP contribution >= 0.6 is 11.3 Å². The second-order valence-electron chi connectivity index (χ2n) is 7.70. The Kier molecular flexibility index (Phi) is 6.04. The molecule has 31 heavy (non-hydrogen) atoms. The molecule has 0 amide bonds. The zero-order valence-corrected chi connectivity index (χ0v) is 18.4. The molecule has 1 atom stereocenters. The molecular formula is C22H22FN3O4S. The third-order valence-electron chi connectivity index (χ3n) is 4.83. The van der Waals surface area contributed by atoms with Gasteiger partial charge in [0.05, 0.1) is 34.4 Å². The van der Waals surface area contributed by atoms with E-state index >= 15 is 0 Å². The molecule has 1 aromatic carbocycles. The number of nitrogens with zero attached hydrogens (tertiary/aromatic N) is 1. The minimum Gasteiger partial charge on any atom is -0.466 e. The number of carbonyl (C=O) groups is 2. The van der Waals surface area contributed by atoms with Crippen LogP contribution in [0.15, 0.2) is 46.2 Å². The van der Waals surface area contributed by atoms with Crippen molar-refractivity contribution >= 4 is 33.4 Å². The van der Waals surface area contributed by atoms with Gasteiger partial charge < -0.3 is 20.5 Å². The van der Waals surface area contributed by atoms with Crippen LogP contribution in [-0.4, -0.2) is 31.3 Å². The highest BCUT2D eigenvalue weighted by Crippen LogP contribution is 2.43. The number of allylic oxidation sites excluding steroid dienone is 1. The van der Waals surface area contributed by atoms with Crippen LogP contribution < -0.4 is 11.1 Å². The van der Waals surface area contributed by atoms with Gasteiger partial charge in [-0.1, -0.05) is 12.1 Å². The second kappa shape index (κ2) is 8.40. The van der Waals surface area contributed by atoms with E-state index in [0.717, 1.165) is 4.70 Å². The standard InChI is InChI=1S/C22H22FN3O4S/c1-11-15(20(27)29-4)16(14-9-31-18-12(8-24)6-5-7-13(14)18)17(19(25)26-11)21(28)30-10-22(2,3)23/h5-7,9,16,26H,10,25H2,1-4H3. The van der Waals surface area contributed by atoms with Gasteiger partial charge in [0, 0.05) is 5.70 Å². The van der Waals surface area contributed by atoms with Gasteiger partial charge >= 0.3 is 11.9 Å². The van der Waals surface area contributed by atoms with Crippen LogP contribution in [0, 0.1) is 11.3 Å². The molecule has 2 aromatic rings. The number of benzene rings is 1. The van der Waals surface area contributed by atoms with E-state index in [1.54, 1.807) is 30.5 Å². The van der Waals surface area contributed by atoms with Gasteiger partial charge in [-0.05, 0) is 43.2 Å². The van der Waals surface area contributed by atoms with Gasteiger partial charge in [0.2, 0.25) is 0 Å². The Morgan fingerprint density at radius 1 is 1.32 bits per heavy atom. The number of methoxy groups -OCH3 is 1. The Hall–Kier alpha value is -3.38. The number of halogens is 1. The number of nitrogens with two attached hydrogens (primary N) is 1. The highest BCUT2D eigenvalue weighted by atomic mass is 32.1. The maximum atomic E-state index is 13.9. The minimum atomic E-state index is -1.74. The zero-order chi connectivity index (χ0) is 22.9. The van der Waals surface area contributed by atoms with Crippen LogP contribution in [0.5, 0.6) is 0 Å². The number of esters is 2. The van der Waals surface area contributed by atoms with Crippen molar-refractivity contribution in [2.75, 3.05) is 13.7 Å². The number of dihydropyridines is 1. The molecule has 2 heterocycles. The number of hydrogen-bond acceptors (Lipinski definition) is 8. The van der Waals surface area contributed by atoms with Crippen molar-refractivity contribution in [3.05, 3.63) is 57.4 Å². The fourth-order valence-corrected chi connectivity index (χ4v) is 4.54. The summed E-state index contributed by atoms with van der Waals surface area (Å²) >= 11 is 1.32. The van der Waals surface area contributed by atoms with Crippen molar-refractivity contribution in [1.29, 1.82) is 5.26 Å². The maximum Gasteiger partial charge on any atom is 0.338 e. The van der Waals surface area contributed by atoms with E-state index in [4.69, 9.17) is 15.2 Å². The molecule has 0 bridgehead atoms. The van der Waals surface area contributed by atoms with Crippen LogP contribution in [0.25, 0.3) is 10.1 Å². The number of alkyl halides is 1. The summed E-state index contributed by atoms with van der Waals surface area (Å²) in [5.41, 5.74) is 6.08. The van der Waals surface area contributed by atoms with E-state index in [-0.39, 0.29) is 17.0 Å². The first-order chi connectivity index (χ1) is 14.6. The third-order valence-corrected chi connectivity index (χ3v) is 5.87. The Labute approximate surface area is 182 Å². The molecule has 1 aliphatic rings. The highest BCUT2D eigenvalue weighted by molar-refractivity contribution is 7.17. The zero-order valence-electron chi connectivity index (χ0n) is 17.5. The van der Waals surface area contributed by atoms with E-state index in [1.807, 2.05) is 0 Å². The molecule has 3 N–H and O–H groups in total. The quantitative estimate of drug-likeness (QED) is 0.681. The number of ether oxygens (including phenoxy) is 2. The first-order valence-corrected chi connectivity index (χ1v) is 10.3. The molecule has 1 unspecified atom stereocenters. The Morgan fingerprint density at radius 2 is 2.03 bits per heavy atom. The van der Waals surface area contributed by atoms with Crippen LogP contribution in [0.2, 0.25) is 0 Å². The molecule has 0 fully saturated rings. The van der Waals surface area contributed by atoms with Crippen molar-refractivity contribution in [2.24, 2.45) is 5.73 Å². The lowest BCUT2D eigenvalue weighted by molar-refractivity contribution is -0.143. The fraction of sp³-hybridized carbons (Fsp3) is 0.318.